The Morgan fingerprint density at radius 1 is 1.19 bits per heavy atom. The standard InChI is InChI=1S/C14H23NO/c1-11(16-10-9-14(2,3)4)12-5-7-13(15)8-6-12/h5-8,11H,9-10,15H2,1-4H3. The van der Waals surface area contributed by atoms with Gasteiger partial charge in [0.2, 0.25) is 0 Å². The summed E-state index contributed by atoms with van der Waals surface area (Å²) in [7, 11) is 0. The first kappa shape index (κ1) is 13.0. The van der Waals surface area contributed by atoms with Crippen LogP contribution in [0.15, 0.2) is 24.3 Å². The van der Waals surface area contributed by atoms with Crippen molar-refractivity contribution in [2.75, 3.05) is 12.3 Å². The summed E-state index contributed by atoms with van der Waals surface area (Å²) in [5.41, 5.74) is 7.96. The summed E-state index contributed by atoms with van der Waals surface area (Å²) < 4.78 is 5.80. The molecule has 0 heterocycles. The average Bonchev–Trinajstić information content (AvgIpc) is 2.16. The molecule has 1 aromatic carbocycles. The molecule has 2 nitrogen and oxygen atoms in total. The molecule has 0 saturated carbocycles. The highest BCUT2D eigenvalue weighted by atomic mass is 16.5. The highest BCUT2D eigenvalue weighted by Crippen LogP contribution is 2.22. The van der Waals surface area contributed by atoms with Crippen molar-refractivity contribution in [3.63, 3.8) is 0 Å². The van der Waals surface area contributed by atoms with Gasteiger partial charge in [0.1, 0.15) is 0 Å². The number of rotatable bonds is 4. The van der Waals surface area contributed by atoms with E-state index in [1.54, 1.807) is 0 Å². The van der Waals surface area contributed by atoms with Crippen molar-refractivity contribution in [2.45, 2.75) is 40.2 Å². The highest BCUT2D eigenvalue weighted by Gasteiger charge is 2.11. The van der Waals surface area contributed by atoms with Crippen LogP contribution in [0.4, 0.5) is 5.69 Å². The minimum atomic E-state index is 0.142. The van der Waals surface area contributed by atoms with E-state index < -0.39 is 0 Å². The summed E-state index contributed by atoms with van der Waals surface area (Å²) in [5, 5.41) is 0. The normalized spacial score (nSPS) is 13.8. The molecule has 0 fully saturated rings. The monoisotopic (exact) mass is 221 g/mol. The van der Waals surface area contributed by atoms with Crippen LogP contribution in [0.1, 0.15) is 45.8 Å². The van der Waals surface area contributed by atoms with Crippen molar-refractivity contribution in [1.82, 2.24) is 0 Å². The zero-order valence-electron chi connectivity index (χ0n) is 10.8. The fraction of sp³-hybridized carbons (Fsp3) is 0.571. The third kappa shape index (κ3) is 4.67. The van der Waals surface area contributed by atoms with Crippen molar-refractivity contribution in [2.24, 2.45) is 5.41 Å². The topological polar surface area (TPSA) is 35.2 Å². The Morgan fingerprint density at radius 3 is 2.25 bits per heavy atom. The number of ether oxygens (including phenoxy) is 1. The average molecular weight is 221 g/mol. The van der Waals surface area contributed by atoms with Crippen LogP contribution < -0.4 is 5.73 Å². The molecule has 1 aromatic rings. The van der Waals surface area contributed by atoms with Crippen molar-refractivity contribution >= 4 is 5.69 Å². The second kappa shape index (κ2) is 5.35. The lowest BCUT2D eigenvalue weighted by atomic mass is 9.93. The maximum Gasteiger partial charge on any atom is 0.0796 e. The van der Waals surface area contributed by atoms with Crippen LogP contribution in [0.2, 0.25) is 0 Å². The smallest absolute Gasteiger partial charge is 0.0796 e. The maximum atomic E-state index is 5.80. The molecule has 90 valence electrons. The number of nitrogens with two attached hydrogens (primary N) is 1. The lowest BCUT2D eigenvalue weighted by molar-refractivity contribution is 0.0485. The molecule has 2 heteroatoms. The minimum Gasteiger partial charge on any atom is -0.399 e. The Morgan fingerprint density at radius 2 is 1.75 bits per heavy atom. The Kier molecular flexibility index (Phi) is 4.36. The van der Waals surface area contributed by atoms with Crippen molar-refractivity contribution in [3.8, 4) is 0 Å². The lowest BCUT2D eigenvalue weighted by Crippen LogP contribution is -2.11. The van der Waals surface area contributed by atoms with E-state index in [4.69, 9.17) is 10.5 Å². The molecular weight excluding hydrogens is 198 g/mol. The zero-order valence-corrected chi connectivity index (χ0v) is 10.8. The van der Waals surface area contributed by atoms with E-state index in [1.807, 2.05) is 24.3 Å². The molecule has 0 amide bonds. The van der Waals surface area contributed by atoms with Crippen LogP contribution in [-0.2, 0) is 4.74 Å². The largest absolute Gasteiger partial charge is 0.399 e. The van der Waals surface area contributed by atoms with E-state index in [-0.39, 0.29) is 6.10 Å². The SMILES string of the molecule is CC(OCCC(C)(C)C)c1ccc(N)cc1. The molecule has 1 unspecified atom stereocenters. The van der Waals surface area contributed by atoms with Gasteiger partial charge in [-0.3, -0.25) is 0 Å². The van der Waals surface area contributed by atoms with Gasteiger partial charge in [0, 0.05) is 12.3 Å². The van der Waals surface area contributed by atoms with Gasteiger partial charge in [-0.2, -0.15) is 0 Å². The van der Waals surface area contributed by atoms with Crippen LogP contribution in [0, 0.1) is 5.41 Å². The molecule has 0 radical (unpaired) electrons. The van der Waals surface area contributed by atoms with E-state index in [9.17, 15) is 0 Å². The van der Waals surface area contributed by atoms with Crippen LogP contribution in [0.25, 0.3) is 0 Å². The number of nitrogen functional groups attached to an aromatic ring is 1. The predicted molar refractivity (Wildman–Crippen MR) is 69.3 cm³/mol. The molecular formula is C14H23NO. The first-order chi connectivity index (χ1) is 7.38. The van der Waals surface area contributed by atoms with E-state index in [1.165, 1.54) is 5.56 Å². The summed E-state index contributed by atoms with van der Waals surface area (Å²) >= 11 is 0. The highest BCUT2D eigenvalue weighted by molar-refractivity contribution is 5.39. The van der Waals surface area contributed by atoms with E-state index in [0.717, 1.165) is 18.7 Å². The summed E-state index contributed by atoms with van der Waals surface area (Å²) in [6.45, 7) is 9.56. The zero-order chi connectivity index (χ0) is 12.2. The number of hydrogen-bond donors (Lipinski definition) is 1. The van der Waals surface area contributed by atoms with Gasteiger partial charge in [-0.25, -0.2) is 0 Å². The van der Waals surface area contributed by atoms with E-state index >= 15 is 0 Å². The molecule has 1 atom stereocenters. The van der Waals surface area contributed by atoms with Gasteiger partial charge in [-0.05, 0) is 36.5 Å². The van der Waals surface area contributed by atoms with Crippen molar-refractivity contribution in [1.29, 1.82) is 0 Å². The van der Waals surface area contributed by atoms with Crippen molar-refractivity contribution < 1.29 is 4.74 Å². The van der Waals surface area contributed by atoms with Gasteiger partial charge in [0.15, 0.2) is 0 Å². The van der Waals surface area contributed by atoms with Gasteiger partial charge in [-0.1, -0.05) is 32.9 Å². The molecule has 2 N–H and O–H groups in total. The summed E-state index contributed by atoms with van der Waals surface area (Å²) in [5.74, 6) is 0. The van der Waals surface area contributed by atoms with E-state index in [0.29, 0.717) is 5.41 Å². The quantitative estimate of drug-likeness (QED) is 0.785. The molecule has 0 spiro atoms. The molecule has 0 bridgehead atoms. The molecule has 0 aliphatic heterocycles. The van der Waals surface area contributed by atoms with Gasteiger partial charge in [0.25, 0.3) is 0 Å². The minimum absolute atomic E-state index is 0.142. The van der Waals surface area contributed by atoms with E-state index in [2.05, 4.69) is 27.7 Å². The van der Waals surface area contributed by atoms with Crippen molar-refractivity contribution in [3.05, 3.63) is 29.8 Å². The first-order valence-corrected chi connectivity index (χ1v) is 5.85. The molecule has 0 aliphatic rings. The molecule has 0 aliphatic carbocycles. The van der Waals surface area contributed by atoms with Crippen LogP contribution in [-0.4, -0.2) is 6.61 Å². The Bertz CT molecular complexity index is 311. The number of hydrogen-bond acceptors (Lipinski definition) is 2. The van der Waals surface area contributed by atoms with Crippen LogP contribution in [0.3, 0.4) is 0 Å². The third-order valence-corrected chi connectivity index (χ3v) is 2.63. The Balaban J connectivity index is 2.41. The second-order valence-corrected chi connectivity index (χ2v) is 5.49. The third-order valence-electron chi connectivity index (χ3n) is 2.63. The fourth-order valence-electron chi connectivity index (χ4n) is 1.41. The number of anilines is 1. The maximum absolute atomic E-state index is 5.80. The molecule has 16 heavy (non-hydrogen) atoms. The predicted octanol–water partition coefficient (Wildman–Crippen LogP) is 3.78. The fourth-order valence-corrected chi connectivity index (χ4v) is 1.41. The summed E-state index contributed by atoms with van der Waals surface area (Å²) in [4.78, 5) is 0. The van der Waals surface area contributed by atoms with Gasteiger partial charge in [-0.15, -0.1) is 0 Å². The lowest BCUT2D eigenvalue weighted by Gasteiger charge is -2.20. The molecule has 0 aromatic heterocycles. The Labute approximate surface area is 98.8 Å². The Hall–Kier alpha value is -1.02. The molecule has 1 rings (SSSR count). The molecule has 0 saturated heterocycles. The number of benzene rings is 1. The van der Waals surface area contributed by atoms with Gasteiger partial charge >= 0.3 is 0 Å². The van der Waals surface area contributed by atoms with Gasteiger partial charge in [0.05, 0.1) is 6.10 Å². The first-order valence-electron chi connectivity index (χ1n) is 5.85. The van der Waals surface area contributed by atoms with Crippen LogP contribution in [0.5, 0.6) is 0 Å². The van der Waals surface area contributed by atoms with Gasteiger partial charge < -0.3 is 10.5 Å². The van der Waals surface area contributed by atoms with Crippen LogP contribution >= 0.6 is 0 Å². The second-order valence-electron chi connectivity index (χ2n) is 5.49. The summed E-state index contributed by atoms with van der Waals surface area (Å²) in [6, 6.07) is 7.88. The summed E-state index contributed by atoms with van der Waals surface area (Å²) in [6.07, 6.45) is 1.22.